The third kappa shape index (κ3) is 6.13. The van der Waals surface area contributed by atoms with Gasteiger partial charge in [-0.1, -0.05) is 42.0 Å². The van der Waals surface area contributed by atoms with Gasteiger partial charge >= 0.3 is 5.63 Å². The zero-order valence-corrected chi connectivity index (χ0v) is 22.0. The molecular weight excluding hydrogens is 500 g/mol. The summed E-state index contributed by atoms with van der Waals surface area (Å²) in [5.74, 6) is 1.44. The van der Waals surface area contributed by atoms with Crippen molar-refractivity contribution in [2.24, 2.45) is 0 Å². The van der Waals surface area contributed by atoms with Gasteiger partial charge < -0.3 is 28.2 Å². The van der Waals surface area contributed by atoms with Crippen molar-refractivity contribution in [2.45, 2.75) is 13.8 Å². The van der Waals surface area contributed by atoms with E-state index >= 15 is 0 Å². The Balaban J connectivity index is 0.000000183. The molecule has 0 saturated carbocycles. The molecule has 0 radical (unpaired) electrons. The Morgan fingerprint density at radius 3 is 2.33 bits per heavy atom. The Hall–Kier alpha value is -4.98. The molecule has 8 nitrogen and oxygen atoms in total. The Labute approximate surface area is 224 Å². The predicted octanol–water partition coefficient (Wildman–Crippen LogP) is 6.32. The number of phenolic OH excluding ortho intramolecular Hbond substituents is 1. The van der Waals surface area contributed by atoms with E-state index < -0.39 is 5.63 Å². The van der Waals surface area contributed by atoms with Gasteiger partial charge in [0, 0.05) is 23.1 Å². The second kappa shape index (κ2) is 12.0. The van der Waals surface area contributed by atoms with E-state index in [1.54, 1.807) is 31.4 Å². The van der Waals surface area contributed by atoms with E-state index in [2.05, 4.69) is 0 Å². The smallest absolute Gasteiger partial charge is 0.336 e. The van der Waals surface area contributed by atoms with Gasteiger partial charge in [0.25, 0.3) is 0 Å². The largest absolute Gasteiger partial charge is 0.504 e. The van der Waals surface area contributed by atoms with Crippen LogP contribution >= 0.6 is 0 Å². The molecule has 0 spiro atoms. The van der Waals surface area contributed by atoms with Gasteiger partial charge in [0.15, 0.2) is 28.6 Å². The van der Waals surface area contributed by atoms with E-state index in [0.29, 0.717) is 45.8 Å². The zero-order valence-electron chi connectivity index (χ0n) is 22.0. The van der Waals surface area contributed by atoms with E-state index in [0.717, 1.165) is 11.1 Å². The minimum absolute atomic E-state index is 0.0264. The molecule has 0 bridgehead atoms. The Morgan fingerprint density at radius 2 is 1.64 bits per heavy atom. The van der Waals surface area contributed by atoms with Crippen LogP contribution in [0.15, 0.2) is 103 Å². The number of para-hydroxylation sites is 1. The number of hydrogen-bond acceptors (Lipinski definition) is 8. The van der Waals surface area contributed by atoms with Crippen molar-refractivity contribution < 1.29 is 28.2 Å². The van der Waals surface area contributed by atoms with Gasteiger partial charge in [-0.3, -0.25) is 4.79 Å². The van der Waals surface area contributed by atoms with Crippen LogP contribution in [-0.4, -0.2) is 25.9 Å². The monoisotopic (exact) mass is 528 g/mol. The Kier molecular flexibility index (Phi) is 8.36. The van der Waals surface area contributed by atoms with Crippen LogP contribution in [-0.2, 0) is 0 Å². The lowest BCUT2D eigenvalue weighted by molar-refractivity contribution is 0.335. The fourth-order valence-corrected chi connectivity index (χ4v) is 3.80. The van der Waals surface area contributed by atoms with E-state index in [1.165, 1.54) is 25.3 Å². The zero-order chi connectivity index (χ0) is 27.9. The maximum absolute atomic E-state index is 12.6. The molecule has 0 saturated heterocycles. The molecular formula is C31H28O8. The molecule has 2 heterocycles. The van der Waals surface area contributed by atoms with Crippen LogP contribution in [0.3, 0.4) is 0 Å². The number of methoxy groups -OCH3 is 2. The minimum atomic E-state index is -0.427. The molecule has 0 aliphatic heterocycles. The van der Waals surface area contributed by atoms with Crippen molar-refractivity contribution in [3.05, 3.63) is 105 Å². The van der Waals surface area contributed by atoms with Crippen molar-refractivity contribution in [1.82, 2.24) is 0 Å². The first kappa shape index (κ1) is 27.1. The minimum Gasteiger partial charge on any atom is -0.504 e. The summed E-state index contributed by atoms with van der Waals surface area (Å²) in [5, 5.41) is 10.9. The lowest BCUT2D eigenvalue weighted by Crippen LogP contribution is -2.08. The number of aromatic hydroxyl groups is 1. The maximum Gasteiger partial charge on any atom is 0.336 e. The first-order chi connectivity index (χ1) is 18.8. The summed E-state index contributed by atoms with van der Waals surface area (Å²) < 4.78 is 26.9. The van der Waals surface area contributed by atoms with Crippen LogP contribution in [0.5, 0.6) is 23.0 Å². The first-order valence-electron chi connectivity index (χ1n) is 12.1. The lowest BCUT2D eigenvalue weighted by Gasteiger charge is -2.10. The predicted molar refractivity (Wildman–Crippen MR) is 150 cm³/mol. The first-order valence-corrected chi connectivity index (χ1v) is 12.1. The number of ether oxygens (including phenoxy) is 3. The lowest BCUT2D eigenvalue weighted by atomic mass is 10.1. The molecule has 3 aromatic carbocycles. The quantitative estimate of drug-likeness (QED) is 0.201. The second-order valence-corrected chi connectivity index (χ2v) is 8.70. The maximum atomic E-state index is 12.6. The van der Waals surface area contributed by atoms with Crippen LogP contribution < -0.4 is 25.3 Å². The Bertz CT molecular complexity index is 1740. The molecule has 0 atom stereocenters. The van der Waals surface area contributed by atoms with Crippen molar-refractivity contribution in [3.63, 3.8) is 0 Å². The summed E-state index contributed by atoms with van der Waals surface area (Å²) in [5.41, 5.74) is 2.08. The normalized spacial score (nSPS) is 10.5. The molecule has 0 fully saturated rings. The fraction of sp³-hybridized carbons (Fsp3) is 0.161. The van der Waals surface area contributed by atoms with Gasteiger partial charge in [-0.2, -0.15) is 0 Å². The van der Waals surface area contributed by atoms with Gasteiger partial charge in [0.2, 0.25) is 11.2 Å². The van der Waals surface area contributed by atoms with Crippen LogP contribution in [0.25, 0.3) is 33.3 Å². The highest BCUT2D eigenvalue weighted by Crippen LogP contribution is 2.34. The van der Waals surface area contributed by atoms with E-state index in [-0.39, 0.29) is 16.9 Å². The molecule has 8 heteroatoms. The molecule has 200 valence electrons. The van der Waals surface area contributed by atoms with Crippen LogP contribution in [0.2, 0.25) is 0 Å². The number of fused-ring (bicyclic) bond motifs is 2. The third-order valence-electron chi connectivity index (χ3n) is 5.73. The van der Waals surface area contributed by atoms with E-state index in [4.69, 9.17) is 23.0 Å². The molecule has 0 aliphatic carbocycles. The molecule has 2 aromatic heterocycles. The van der Waals surface area contributed by atoms with Crippen LogP contribution in [0.4, 0.5) is 0 Å². The van der Waals surface area contributed by atoms with Gasteiger partial charge in [-0.15, -0.1) is 0 Å². The van der Waals surface area contributed by atoms with E-state index in [1.807, 2.05) is 50.3 Å². The topological polar surface area (TPSA) is 108 Å². The summed E-state index contributed by atoms with van der Waals surface area (Å²) in [6.07, 6.45) is 1.89. The fourth-order valence-electron chi connectivity index (χ4n) is 3.80. The number of phenols is 1. The molecule has 5 aromatic rings. The molecule has 39 heavy (non-hydrogen) atoms. The average molecular weight is 529 g/mol. The standard InChI is InChI=1S/C17H14O4.C14H14O4/c1-19-13-10-6-9-12-14(18)17(20-2)15(21-16(12)13)11-7-4-3-5-8-11;1-9(2)5-6-17-13-8-12-10(7-11(13)15)3-4-14(16)18-12/h3-10H,1-2H3;3-5,7-8,15H,6H2,1-2H3. The molecule has 0 unspecified atom stereocenters. The van der Waals surface area contributed by atoms with Gasteiger partial charge in [-0.25, -0.2) is 4.79 Å². The molecule has 1 N–H and O–H groups in total. The summed E-state index contributed by atoms with van der Waals surface area (Å²) in [6.45, 7) is 4.28. The molecule has 5 rings (SSSR count). The van der Waals surface area contributed by atoms with Crippen molar-refractivity contribution in [1.29, 1.82) is 0 Å². The Morgan fingerprint density at radius 1 is 0.872 bits per heavy atom. The highest BCUT2D eigenvalue weighted by molar-refractivity contribution is 5.86. The van der Waals surface area contributed by atoms with Gasteiger partial charge in [0.1, 0.15) is 12.2 Å². The summed E-state index contributed by atoms with van der Waals surface area (Å²) in [4.78, 5) is 23.7. The number of benzene rings is 3. The number of rotatable bonds is 6. The second-order valence-electron chi connectivity index (χ2n) is 8.70. The van der Waals surface area contributed by atoms with Crippen molar-refractivity contribution >= 4 is 21.9 Å². The molecule has 0 amide bonds. The third-order valence-corrected chi connectivity index (χ3v) is 5.73. The molecule has 0 aliphatic rings. The highest BCUT2D eigenvalue weighted by Gasteiger charge is 2.18. The average Bonchev–Trinajstić information content (AvgIpc) is 2.94. The van der Waals surface area contributed by atoms with Gasteiger partial charge in [0.05, 0.1) is 19.6 Å². The summed E-state index contributed by atoms with van der Waals surface area (Å²) in [7, 11) is 3.01. The summed E-state index contributed by atoms with van der Waals surface area (Å²) in [6, 6.07) is 20.5. The van der Waals surface area contributed by atoms with Crippen LogP contribution in [0.1, 0.15) is 13.8 Å². The van der Waals surface area contributed by atoms with E-state index in [9.17, 15) is 14.7 Å². The van der Waals surface area contributed by atoms with Crippen molar-refractivity contribution in [3.8, 4) is 34.3 Å². The van der Waals surface area contributed by atoms with Gasteiger partial charge in [-0.05, 0) is 44.2 Å². The van der Waals surface area contributed by atoms with Crippen LogP contribution in [0, 0.1) is 0 Å². The van der Waals surface area contributed by atoms with Crippen molar-refractivity contribution in [2.75, 3.05) is 20.8 Å². The summed E-state index contributed by atoms with van der Waals surface area (Å²) >= 11 is 0. The number of hydrogen-bond donors (Lipinski definition) is 1. The SMILES string of the molecule is CC(C)=CCOc1cc2oc(=O)ccc2cc1O.COc1c(-c2ccccc2)oc2c(OC)cccc2c1=O. The highest BCUT2D eigenvalue weighted by atomic mass is 16.5. The number of allylic oxidation sites excluding steroid dienone is 1.